The van der Waals surface area contributed by atoms with Crippen LogP contribution in [-0.4, -0.2) is 53.9 Å². The monoisotopic (exact) mass is 601 g/mol. The van der Waals surface area contributed by atoms with Crippen LogP contribution in [0.2, 0.25) is 0 Å². The zero-order valence-corrected chi connectivity index (χ0v) is 25.7. The Bertz CT molecular complexity index is 2120. The number of pyridine rings is 2. The van der Waals surface area contributed by atoms with E-state index in [1.807, 2.05) is 64.7 Å². The highest BCUT2D eigenvalue weighted by Gasteiger charge is 2.18. The number of likely N-dealkylation sites (N-methyl/N-ethyl adjacent to an activating group) is 1. The first-order valence-corrected chi connectivity index (χ1v) is 15.0. The lowest BCUT2D eigenvalue weighted by atomic mass is 10.1. The van der Waals surface area contributed by atoms with E-state index in [9.17, 15) is 9.59 Å². The van der Waals surface area contributed by atoms with Gasteiger partial charge < -0.3 is 9.30 Å². The van der Waals surface area contributed by atoms with Crippen LogP contribution in [0.15, 0.2) is 101 Å². The normalized spacial score (nSPS) is 11.0. The molecule has 0 spiro atoms. The van der Waals surface area contributed by atoms with E-state index in [-0.39, 0.29) is 11.5 Å². The maximum absolute atomic E-state index is 12.5. The summed E-state index contributed by atoms with van der Waals surface area (Å²) in [5.41, 5.74) is 9.62. The Balaban J connectivity index is 0.000000156. The second-order valence-corrected chi connectivity index (χ2v) is 11.5. The van der Waals surface area contributed by atoms with Gasteiger partial charge in [-0.15, -0.1) is 0 Å². The van der Waals surface area contributed by atoms with E-state index in [0.29, 0.717) is 17.6 Å². The van der Waals surface area contributed by atoms with E-state index in [1.165, 1.54) is 10.1 Å². The average molecular weight is 602 g/mol. The summed E-state index contributed by atoms with van der Waals surface area (Å²) in [5.74, 6) is 0.0710. The maximum Gasteiger partial charge on any atom is 0.280 e. The lowest BCUT2D eigenvalue weighted by Gasteiger charge is -2.11. The minimum absolute atomic E-state index is 0.0710. The molecule has 0 unspecified atom stereocenters. The summed E-state index contributed by atoms with van der Waals surface area (Å²) in [5, 5.41) is 6.84. The summed E-state index contributed by atoms with van der Waals surface area (Å²) >= 11 is 1.55. The predicted molar refractivity (Wildman–Crippen MR) is 175 cm³/mol. The quantitative estimate of drug-likeness (QED) is 0.258. The van der Waals surface area contributed by atoms with Crippen molar-refractivity contribution in [3.63, 3.8) is 0 Å². The lowest BCUT2D eigenvalue weighted by Crippen LogP contribution is -2.24. The fraction of sp³-hybridized carbons (Fsp3) is 0.147. The predicted octanol–water partition coefficient (Wildman–Crippen LogP) is 6.06. The van der Waals surface area contributed by atoms with Gasteiger partial charge in [0.05, 0.1) is 34.6 Å². The number of aromatic nitrogens is 6. The maximum atomic E-state index is 12.5. The molecule has 0 aliphatic rings. The summed E-state index contributed by atoms with van der Waals surface area (Å²) in [7, 11) is 3.56. The topological polar surface area (TPSA) is 101 Å². The zero-order valence-electron chi connectivity index (χ0n) is 24.9. The molecule has 0 saturated carbocycles. The zero-order chi connectivity index (χ0) is 30.8. The molecule has 1 aromatic carbocycles. The van der Waals surface area contributed by atoms with Gasteiger partial charge in [-0.2, -0.15) is 11.3 Å². The molecule has 6 aromatic heterocycles. The van der Waals surface area contributed by atoms with Crippen molar-refractivity contribution in [2.24, 2.45) is 0 Å². The number of aryl methyl sites for hydroxylation is 2. The van der Waals surface area contributed by atoms with Crippen LogP contribution >= 0.6 is 11.3 Å². The third-order valence-electron chi connectivity index (χ3n) is 7.32. The molecule has 44 heavy (non-hydrogen) atoms. The van der Waals surface area contributed by atoms with Gasteiger partial charge in [-0.1, -0.05) is 42.0 Å². The molecule has 1 amide bonds. The van der Waals surface area contributed by atoms with Crippen LogP contribution in [0.5, 0.6) is 0 Å². The van der Waals surface area contributed by atoms with Gasteiger partial charge in [0.25, 0.3) is 5.56 Å². The molecule has 0 saturated heterocycles. The van der Waals surface area contributed by atoms with Crippen molar-refractivity contribution < 1.29 is 4.79 Å². The van der Waals surface area contributed by atoms with E-state index in [0.717, 1.165) is 45.0 Å². The highest BCUT2D eigenvalue weighted by molar-refractivity contribution is 7.08. The highest BCUT2D eigenvalue weighted by atomic mass is 32.1. The molecule has 10 heteroatoms. The first-order chi connectivity index (χ1) is 21.3. The van der Waals surface area contributed by atoms with Crippen molar-refractivity contribution in [3.8, 4) is 33.6 Å². The number of fused-ring (bicyclic) bond motifs is 2. The molecule has 6 heterocycles. The third-order valence-corrected chi connectivity index (χ3v) is 8.00. The van der Waals surface area contributed by atoms with E-state index in [1.54, 1.807) is 48.9 Å². The Labute approximate surface area is 258 Å². The molecule has 7 aromatic rings. The number of amides is 1. The van der Waals surface area contributed by atoms with Gasteiger partial charge in [0.15, 0.2) is 5.65 Å². The summed E-state index contributed by atoms with van der Waals surface area (Å²) in [6, 6.07) is 19.9. The van der Waals surface area contributed by atoms with E-state index in [4.69, 9.17) is 4.98 Å². The van der Waals surface area contributed by atoms with Crippen LogP contribution in [0.1, 0.15) is 16.8 Å². The van der Waals surface area contributed by atoms with Crippen LogP contribution in [-0.2, 0) is 11.2 Å². The second-order valence-electron chi connectivity index (χ2n) is 10.7. The van der Waals surface area contributed by atoms with Crippen molar-refractivity contribution >= 4 is 28.5 Å². The largest absolute Gasteiger partial charge is 0.348 e. The molecule has 0 bridgehead atoms. The van der Waals surface area contributed by atoms with Crippen molar-refractivity contribution in [1.29, 1.82) is 0 Å². The number of H-pyrrole nitrogens is 1. The van der Waals surface area contributed by atoms with Crippen molar-refractivity contribution in [2.45, 2.75) is 20.3 Å². The highest BCUT2D eigenvalue weighted by Crippen LogP contribution is 2.26. The van der Waals surface area contributed by atoms with Crippen LogP contribution in [0.4, 0.5) is 0 Å². The number of carbonyl (C=O) groups is 1. The smallest absolute Gasteiger partial charge is 0.280 e. The summed E-state index contributed by atoms with van der Waals surface area (Å²) in [6.45, 7) is 4.11. The SMILES string of the molecule is Cc1ccc(-c2nc3ccc(C)cn3c2CC(=O)N(C)C)cc1.O=c1c(-c2ccsc2)cnc2c(-c3ccccn3)c[nH]n12. The number of thiophene rings is 1. The van der Waals surface area contributed by atoms with Gasteiger partial charge in [0.1, 0.15) is 5.65 Å². The minimum Gasteiger partial charge on any atom is -0.348 e. The Kier molecular flexibility index (Phi) is 7.91. The number of carbonyl (C=O) groups excluding carboxylic acids is 1. The third kappa shape index (κ3) is 5.67. The Morgan fingerprint density at radius 1 is 0.932 bits per heavy atom. The number of benzene rings is 1. The van der Waals surface area contributed by atoms with Crippen LogP contribution in [0, 0.1) is 13.8 Å². The molecular formula is C34H31N7O2S. The number of imidazole rings is 1. The lowest BCUT2D eigenvalue weighted by molar-refractivity contribution is -0.128. The van der Waals surface area contributed by atoms with Gasteiger partial charge in [-0.05, 0) is 60.0 Å². The van der Waals surface area contributed by atoms with Crippen LogP contribution in [0.25, 0.3) is 44.9 Å². The number of hydrogen-bond acceptors (Lipinski definition) is 6. The number of hydrogen-bond donors (Lipinski definition) is 1. The molecule has 220 valence electrons. The van der Waals surface area contributed by atoms with Gasteiger partial charge in [0, 0.05) is 44.4 Å². The Morgan fingerprint density at radius 3 is 2.43 bits per heavy atom. The molecule has 0 aliphatic carbocycles. The standard InChI is InChI=1S/C19H21N3O.C15H10N4OS/c1-13-5-8-15(9-6-13)19-16(11-18(23)21(3)4)22-12-14(2)7-10-17(22)20-19;20-15-11(10-4-6-21-9-10)7-17-14-12(8-18-19(14)15)13-3-1-2-5-16-13/h5-10,12H,11H2,1-4H3;1-9,18H. The summed E-state index contributed by atoms with van der Waals surface area (Å²) in [4.78, 5) is 39.9. The van der Waals surface area contributed by atoms with E-state index in [2.05, 4.69) is 46.3 Å². The number of nitrogens with one attached hydrogen (secondary N) is 1. The van der Waals surface area contributed by atoms with Crippen molar-refractivity contribution in [2.75, 3.05) is 14.1 Å². The molecule has 1 N–H and O–H groups in total. The minimum atomic E-state index is -0.111. The van der Waals surface area contributed by atoms with E-state index < -0.39 is 0 Å². The first kappa shape index (κ1) is 28.8. The van der Waals surface area contributed by atoms with E-state index >= 15 is 0 Å². The van der Waals surface area contributed by atoms with Crippen LogP contribution in [0.3, 0.4) is 0 Å². The van der Waals surface area contributed by atoms with Crippen molar-refractivity contribution in [3.05, 3.63) is 123 Å². The van der Waals surface area contributed by atoms with Gasteiger partial charge in [-0.3, -0.25) is 19.7 Å². The van der Waals surface area contributed by atoms with Crippen LogP contribution < -0.4 is 5.56 Å². The number of aromatic amines is 1. The Hall–Kier alpha value is -5.35. The molecule has 0 fully saturated rings. The summed E-state index contributed by atoms with van der Waals surface area (Å²) < 4.78 is 3.49. The molecule has 9 nitrogen and oxygen atoms in total. The fourth-order valence-electron chi connectivity index (χ4n) is 4.90. The Morgan fingerprint density at radius 2 is 1.73 bits per heavy atom. The fourth-order valence-corrected chi connectivity index (χ4v) is 5.55. The van der Waals surface area contributed by atoms with Gasteiger partial charge in [0.2, 0.25) is 5.91 Å². The molecule has 0 aliphatic heterocycles. The number of rotatable bonds is 5. The van der Waals surface area contributed by atoms with Gasteiger partial charge in [-0.25, -0.2) is 14.5 Å². The first-order valence-electron chi connectivity index (χ1n) is 14.1. The molecule has 0 atom stereocenters. The molecule has 0 radical (unpaired) electrons. The molecule has 7 rings (SSSR count). The summed E-state index contributed by atoms with van der Waals surface area (Å²) in [6.07, 6.45) is 7.47. The second kappa shape index (κ2) is 12.1. The van der Waals surface area contributed by atoms with Crippen molar-refractivity contribution in [1.82, 2.24) is 33.9 Å². The number of nitrogens with zero attached hydrogens (tertiary/aromatic N) is 6. The average Bonchev–Trinajstić information content (AvgIpc) is 3.79. The molecular weight excluding hydrogens is 570 g/mol. The van der Waals surface area contributed by atoms with Gasteiger partial charge >= 0.3 is 0 Å².